The molecule has 6 heteroatoms. The van der Waals surface area contributed by atoms with Crippen molar-refractivity contribution in [1.82, 2.24) is 0 Å². The molecule has 1 amide bonds. The van der Waals surface area contributed by atoms with Crippen LogP contribution < -0.4 is 10.6 Å². The van der Waals surface area contributed by atoms with Gasteiger partial charge in [0.25, 0.3) is 0 Å². The second-order valence-electron chi connectivity index (χ2n) is 4.59. The molecule has 1 fully saturated rings. The van der Waals surface area contributed by atoms with Gasteiger partial charge in [-0.2, -0.15) is 0 Å². The Morgan fingerprint density at radius 1 is 1.53 bits per heavy atom. The highest BCUT2D eigenvalue weighted by molar-refractivity contribution is 9.10. The van der Waals surface area contributed by atoms with Gasteiger partial charge in [-0.1, -0.05) is 15.9 Å². The molecule has 0 aliphatic carbocycles. The van der Waals surface area contributed by atoms with Crippen LogP contribution in [0.3, 0.4) is 0 Å². The SMILES string of the molecule is COC(=O)C1CC(=O)N(c2cc(C)c(Br)cc2N)C1. The number of carbonyl (C=O) groups is 2. The van der Waals surface area contributed by atoms with Gasteiger partial charge in [0.05, 0.1) is 24.4 Å². The zero-order chi connectivity index (χ0) is 14.2. The van der Waals surface area contributed by atoms with Crippen LogP contribution >= 0.6 is 15.9 Å². The maximum atomic E-state index is 12.0. The summed E-state index contributed by atoms with van der Waals surface area (Å²) in [6.07, 6.45) is 0.168. The molecule has 1 unspecified atom stereocenters. The fourth-order valence-electron chi connectivity index (χ4n) is 2.18. The summed E-state index contributed by atoms with van der Waals surface area (Å²) >= 11 is 3.39. The summed E-state index contributed by atoms with van der Waals surface area (Å²) < 4.78 is 5.58. The number of nitrogens with zero attached hydrogens (tertiary/aromatic N) is 1. The number of anilines is 2. The molecule has 0 bridgehead atoms. The summed E-state index contributed by atoms with van der Waals surface area (Å²) in [7, 11) is 1.33. The Bertz CT molecular complexity index is 545. The van der Waals surface area contributed by atoms with E-state index in [4.69, 9.17) is 5.73 Å². The van der Waals surface area contributed by atoms with Gasteiger partial charge in [0.2, 0.25) is 5.91 Å². The molecule has 1 aromatic rings. The van der Waals surface area contributed by atoms with Gasteiger partial charge in [-0.3, -0.25) is 9.59 Å². The molecule has 5 nitrogen and oxygen atoms in total. The van der Waals surface area contributed by atoms with Gasteiger partial charge < -0.3 is 15.4 Å². The molecule has 2 rings (SSSR count). The van der Waals surface area contributed by atoms with E-state index in [1.54, 1.807) is 11.0 Å². The highest BCUT2D eigenvalue weighted by atomic mass is 79.9. The van der Waals surface area contributed by atoms with Crippen LogP contribution in [0.15, 0.2) is 16.6 Å². The second-order valence-corrected chi connectivity index (χ2v) is 5.44. The number of hydrogen-bond acceptors (Lipinski definition) is 4. The highest BCUT2D eigenvalue weighted by Crippen LogP contribution is 2.34. The zero-order valence-electron chi connectivity index (χ0n) is 10.8. The lowest BCUT2D eigenvalue weighted by Gasteiger charge is -2.19. The standard InChI is InChI=1S/C13H15BrN2O3/c1-7-3-11(10(15)5-9(7)14)16-6-8(4-12(16)17)13(18)19-2/h3,5,8H,4,6,15H2,1-2H3. The smallest absolute Gasteiger partial charge is 0.311 e. The van der Waals surface area contributed by atoms with E-state index in [2.05, 4.69) is 20.7 Å². The third-order valence-electron chi connectivity index (χ3n) is 3.26. The Labute approximate surface area is 119 Å². The lowest BCUT2D eigenvalue weighted by atomic mass is 10.1. The van der Waals surface area contributed by atoms with Gasteiger partial charge in [-0.15, -0.1) is 0 Å². The van der Waals surface area contributed by atoms with Gasteiger partial charge in [-0.05, 0) is 24.6 Å². The van der Waals surface area contributed by atoms with Gasteiger partial charge >= 0.3 is 5.97 Å². The number of benzene rings is 1. The lowest BCUT2D eigenvalue weighted by molar-refractivity contribution is -0.145. The molecule has 2 N–H and O–H groups in total. The minimum Gasteiger partial charge on any atom is -0.469 e. The summed E-state index contributed by atoms with van der Waals surface area (Å²) in [6.45, 7) is 2.24. The van der Waals surface area contributed by atoms with Crippen LogP contribution in [-0.4, -0.2) is 25.5 Å². The van der Waals surface area contributed by atoms with Crippen LogP contribution in [0.25, 0.3) is 0 Å². The van der Waals surface area contributed by atoms with E-state index in [1.807, 2.05) is 13.0 Å². The largest absolute Gasteiger partial charge is 0.469 e. The first-order valence-electron chi connectivity index (χ1n) is 5.88. The first-order valence-corrected chi connectivity index (χ1v) is 6.67. The predicted molar refractivity (Wildman–Crippen MR) is 75.8 cm³/mol. The average molecular weight is 327 g/mol. The molecule has 1 atom stereocenters. The molecule has 0 radical (unpaired) electrons. The van der Waals surface area contributed by atoms with Crippen LogP contribution in [0.1, 0.15) is 12.0 Å². The highest BCUT2D eigenvalue weighted by Gasteiger charge is 2.36. The van der Waals surface area contributed by atoms with Crippen molar-refractivity contribution in [1.29, 1.82) is 0 Å². The molecule has 102 valence electrons. The maximum absolute atomic E-state index is 12.0. The lowest BCUT2D eigenvalue weighted by Crippen LogP contribution is -2.27. The van der Waals surface area contributed by atoms with Crippen molar-refractivity contribution in [3.8, 4) is 0 Å². The van der Waals surface area contributed by atoms with Crippen LogP contribution in [0.4, 0.5) is 11.4 Å². The molecular weight excluding hydrogens is 312 g/mol. The first-order chi connectivity index (χ1) is 8.93. The minimum atomic E-state index is -0.416. The molecule has 1 aliphatic rings. The fourth-order valence-corrected chi connectivity index (χ4v) is 2.54. The number of rotatable bonds is 2. The van der Waals surface area contributed by atoms with Crippen LogP contribution in [0, 0.1) is 12.8 Å². The molecule has 0 aromatic heterocycles. The summed E-state index contributed by atoms with van der Waals surface area (Å²) in [5.41, 5.74) is 8.09. The van der Waals surface area contributed by atoms with Crippen molar-refractivity contribution in [2.45, 2.75) is 13.3 Å². The Morgan fingerprint density at radius 2 is 2.21 bits per heavy atom. The molecule has 0 spiro atoms. The zero-order valence-corrected chi connectivity index (χ0v) is 12.4. The third kappa shape index (κ3) is 2.58. The van der Waals surface area contributed by atoms with Gasteiger partial charge in [0.1, 0.15) is 0 Å². The molecule has 1 saturated heterocycles. The number of nitrogens with two attached hydrogens (primary N) is 1. The summed E-state index contributed by atoms with van der Waals surface area (Å²) in [5, 5.41) is 0. The molecule has 1 aromatic carbocycles. The number of carbonyl (C=O) groups excluding carboxylic acids is 2. The normalized spacial score (nSPS) is 18.8. The number of esters is 1. The van der Waals surface area contributed by atoms with Gasteiger partial charge in [-0.25, -0.2) is 0 Å². The van der Waals surface area contributed by atoms with E-state index in [1.165, 1.54) is 7.11 Å². The minimum absolute atomic E-state index is 0.108. The number of hydrogen-bond donors (Lipinski definition) is 1. The van der Waals surface area contributed by atoms with Crippen molar-refractivity contribution in [3.05, 3.63) is 22.2 Å². The Kier molecular flexibility index (Phi) is 3.80. The van der Waals surface area contributed by atoms with E-state index in [9.17, 15) is 9.59 Å². The number of methoxy groups -OCH3 is 1. The topological polar surface area (TPSA) is 72.6 Å². The van der Waals surface area contributed by atoms with Gasteiger partial charge in [0, 0.05) is 17.4 Å². The summed E-state index contributed by atoms with van der Waals surface area (Å²) in [4.78, 5) is 25.1. The third-order valence-corrected chi connectivity index (χ3v) is 4.11. The molecule has 19 heavy (non-hydrogen) atoms. The predicted octanol–water partition coefficient (Wildman–Crippen LogP) is 1.87. The van der Waals surface area contributed by atoms with Crippen molar-refractivity contribution < 1.29 is 14.3 Å². The maximum Gasteiger partial charge on any atom is 0.311 e. The molecule has 1 heterocycles. The van der Waals surface area contributed by atoms with Crippen molar-refractivity contribution in [3.63, 3.8) is 0 Å². The van der Waals surface area contributed by atoms with Crippen molar-refractivity contribution in [2.75, 3.05) is 24.3 Å². The van der Waals surface area contributed by atoms with Crippen LogP contribution in [-0.2, 0) is 14.3 Å². The summed E-state index contributed by atoms with van der Waals surface area (Å²) in [6, 6.07) is 3.61. The Hall–Kier alpha value is -1.56. The Morgan fingerprint density at radius 3 is 2.84 bits per heavy atom. The quantitative estimate of drug-likeness (QED) is 0.665. The number of aryl methyl sites for hydroxylation is 1. The van der Waals surface area contributed by atoms with E-state index in [-0.39, 0.29) is 18.3 Å². The molecular formula is C13H15BrN2O3. The van der Waals surface area contributed by atoms with Crippen molar-refractivity contribution >= 4 is 39.2 Å². The van der Waals surface area contributed by atoms with Crippen LogP contribution in [0.2, 0.25) is 0 Å². The monoisotopic (exact) mass is 326 g/mol. The van der Waals surface area contributed by atoms with Crippen LogP contribution in [0.5, 0.6) is 0 Å². The van der Waals surface area contributed by atoms with E-state index >= 15 is 0 Å². The first kappa shape index (κ1) is 13.9. The average Bonchev–Trinajstić information content (AvgIpc) is 2.75. The summed E-state index contributed by atoms with van der Waals surface area (Å²) in [5.74, 6) is -0.882. The molecule has 1 aliphatic heterocycles. The van der Waals surface area contributed by atoms with Crippen molar-refractivity contribution in [2.24, 2.45) is 5.92 Å². The van der Waals surface area contributed by atoms with E-state index in [0.29, 0.717) is 17.9 Å². The second kappa shape index (κ2) is 5.21. The number of ether oxygens (including phenoxy) is 1. The van der Waals surface area contributed by atoms with E-state index in [0.717, 1.165) is 10.0 Å². The number of nitrogen functional groups attached to an aromatic ring is 1. The number of amides is 1. The fraction of sp³-hybridized carbons (Fsp3) is 0.385. The van der Waals surface area contributed by atoms with E-state index < -0.39 is 5.92 Å². The number of halogens is 1. The van der Waals surface area contributed by atoms with Gasteiger partial charge in [0.15, 0.2) is 0 Å². The Balaban J connectivity index is 2.30. The molecule has 0 saturated carbocycles.